The molecule has 0 heterocycles. The van der Waals surface area contributed by atoms with Crippen molar-refractivity contribution in [2.45, 2.75) is 6.92 Å². The van der Waals surface area contributed by atoms with E-state index in [9.17, 15) is 0 Å². The number of allylic oxidation sites excluding steroid dienone is 1. The van der Waals surface area contributed by atoms with Gasteiger partial charge >= 0.3 is 29.6 Å². The number of aliphatic hydroxyl groups excluding tert-OH is 1. The Labute approximate surface area is 83.4 Å². The predicted molar refractivity (Wildman–Crippen MR) is 39.1 cm³/mol. The van der Waals surface area contributed by atoms with Gasteiger partial charge in [0.05, 0.1) is 9.96 Å². The molecule has 0 aromatic rings. The molecular formula is C4H7NaOS2. The van der Waals surface area contributed by atoms with Crippen LogP contribution in [0.3, 0.4) is 0 Å². The van der Waals surface area contributed by atoms with Gasteiger partial charge in [0.1, 0.15) is 0 Å². The second-order valence-corrected chi connectivity index (χ2v) is 2.35. The molecule has 0 aliphatic heterocycles. The van der Waals surface area contributed by atoms with Crippen LogP contribution in [-0.4, -0.2) is 9.30 Å². The maximum absolute atomic E-state index is 8.45. The molecule has 0 amide bonds. The summed E-state index contributed by atoms with van der Waals surface area (Å²) >= 11 is 8.23. The number of aliphatic hydroxyl groups is 1. The van der Waals surface area contributed by atoms with Gasteiger partial charge in [-0.2, -0.15) is 0 Å². The van der Waals surface area contributed by atoms with E-state index in [0.717, 1.165) is 0 Å². The zero-order valence-electron chi connectivity index (χ0n) is 5.88. The van der Waals surface area contributed by atoms with Crippen LogP contribution in [0.25, 0.3) is 0 Å². The minimum Gasteiger partial charge on any atom is -1.00 e. The topological polar surface area (TPSA) is 20.2 Å². The fraction of sp³-hybridized carbons (Fsp3) is 0.250. The minimum absolute atomic E-state index is 0. The van der Waals surface area contributed by atoms with Gasteiger partial charge in [-0.25, -0.2) is 0 Å². The van der Waals surface area contributed by atoms with Crippen LogP contribution in [0.4, 0.5) is 0 Å². The molecule has 0 radical (unpaired) electrons. The molecule has 0 fully saturated rings. The fourth-order valence-corrected chi connectivity index (χ4v) is 0.536. The fourth-order valence-electron chi connectivity index (χ4n) is 0.179. The van der Waals surface area contributed by atoms with Crippen molar-refractivity contribution in [1.29, 1.82) is 0 Å². The van der Waals surface area contributed by atoms with E-state index in [0.29, 0.717) is 4.20 Å². The largest absolute Gasteiger partial charge is 1.00 e. The predicted octanol–water partition coefficient (Wildman–Crippen LogP) is -1.18. The van der Waals surface area contributed by atoms with Gasteiger partial charge in [0, 0.05) is 0 Å². The van der Waals surface area contributed by atoms with Crippen molar-refractivity contribution in [3.63, 3.8) is 0 Å². The summed E-state index contributed by atoms with van der Waals surface area (Å²) in [6, 6.07) is 0. The standard InChI is InChI=1S/C4H6OS2.Na.H/c1-3(5)2-4(6)7;;/h2,5H,1H3,(H,6,7);;/q;+1;-1. The molecule has 0 bridgehead atoms. The van der Waals surface area contributed by atoms with E-state index in [1.165, 1.54) is 6.08 Å². The third-order valence-corrected chi connectivity index (χ3v) is 0.579. The molecule has 0 rings (SSSR count). The monoisotopic (exact) mass is 158 g/mol. The molecule has 1 nitrogen and oxygen atoms in total. The van der Waals surface area contributed by atoms with Gasteiger partial charge in [-0.05, 0) is 13.0 Å². The first-order chi connectivity index (χ1) is 3.13. The van der Waals surface area contributed by atoms with Gasteiger partial charge < -0.3 is 6.53 Å². The summed E-state index contributed by atoms with van der Waals surface area (Å²) < 4.78 is 0.403. The van der Waals surface area contributed by atoms with Gasteiger partial charge in [0.2, 0.25) is 0 Å². The first kappa shape index (κ1) is 11.7. The quantitative estimate of drug-likeness (QED) is 0.165. The molecule has 0 atom stereocenters. The summed E-state index contributed by atoms with van der Waals surface area (Å²) in [6.07, 6.45) is 1.40. The average molecular weight is 158 g/mol. The Balaban J connectivity index is -0.000000180. The van der Waals surface area contributed by atoms with Gasteiger partial charge in [-0.3, -0.25) is 0 Å². The molecule has 0 saturated carbocycles. The van der Waals surface area contributed by atoms with Crippen LogP contribution in [0.5, 0.6) is 0 Å². The molecule has 42 valence electrons. The Kier molecular flexibility index (Phi) is 8.96. The van der Waals surface area contributed by atoms with Crippen LogP contribution in [0.1, 0.15) is 8.35 Å². The normalized spacial score (nSPS) is 10.0. The molecule has 0 unspecified atom stereocenters. The second kappa shape index (κ2) is 6.11. The zero-order chi connectivity index (χ0) is 5.86. The first-order valence-corrected chi connectivity index (χ1v) is 2.58. The van der Waals surface area contributed by atoms with E-state index in [4.69, 9.17) is 5.11 Å². The smallest absolute Gasteiger partial charge is 1.00 e. The van der Waals surface area contributed by atoms with Crippen molar-refractivity contribution >= 4 is 29.0 Å². The summed E-state index contributed by atoms with van der Waals surface area (Å²) in [5.41, 5.74) is 0. The maximum atomic E-state index is 8.45. The van der Waals surface area contributed by atoms with Crippen molar-refractivity contribution in [3.05, 3.63) is 11.8 Å². The van der Waals surface area contributed by atoms with E-state index in [1.54, 1.807) is 6.92 Å². The van der Waals surface area contributed by atoms with Gasteiger partial charge in [-0.1, -0.05) is 12.2 Å². The van der Waals surface area contributed by atoms with Gasteiger partial charge in [0.25, 0.3) is 0 Å². The Morgan fingerprint density at radius 1 is 1.88 bits per heavy atom. The molecular weight excluding hydrogens is 151 g/mol. The van der Waals surface area contributed by atoms with Crippen molar-refractivity contribution in [3.8, 4) is 0 Å². The molecule has 0 aliphatic carbocycles. The number of hydrogen-bond donors (Lipinski definition) is 2. The SMILES string of the molecule is CC(O)=CC(=S)S.[H-].[Na+]. The molecule has 0 saturated heterocycles. The Morgan fingerprint density at radius 3 is 2.25 bits per heavy atom. The minimum atomic E-state index is 0. The molecule has 0 aromatic heterocycles. The number of rotatable bonds is 1. The maximum Gasteiger partial charge on any atom is 1.00 e. The van der Waals surface area contributed by atoms with Crippen LogP contribution < -0.4 is 29.6 Å². The van der Waals surface area contributed by atoms with Crippen LogP contribution in [-0.2, 0) is 0 Å². The van der Waals surface area contributed by atoms with Crippen LogP contribution in [0.15, 0.2) is 11.8 Å². The zero-order valence-corrected chi connectivity index (χ0v) is 8.59. The summed E-state index contributed by atoms with van der Waals surface area (Å²) in [5, 5.41) is 8.45. The Bertz CT molecular complexity index is 111. The summed E-state index contributed by atoms with van der Waals surface area (Å²) in [5.74, 6) is 0.194. The van der Waals surface area contributed by atoms with Crippen molar-refractivity contribution in [1.82, 2.24) is 0 Å². The van der Waals surface area contributed by atoms with Crippen molar-refractivity contribution in [2.24, 2.45) is 0 Å². The average Bonchev–Trinajstić information content (AvgIpc) is 1.27. The van der Waals surface area contributed by atoms with Crippen LogP contribution in [0.2, 0.25) is 0 Å². The Hall–Kier alpha value is 0.980. The third kappa shape index (κ3) is 10.1. The summed E-state index contributed by atoms with van der Waals surface area (Å²) in [4.78, 5) is 0. The number of thiocarbonyl (C=S) groups is 1. The molecule has 0 aliphatic rings. The third-order valence-electron chi connectivity index (χ3n) is 0.332. The van der Waals surface area contributed by atoms with E-state index in [1.807, 2.05) is 0 Å². The number of hydrogen-bond acceptors (Lipinski definition) is 2. The second-order valence-electron chi connectivity index (χ2n) is 1.12. The van der Waals surface area contributed by atoms with Crippen molar-refractivity contribution < 1.29 is 36.1 Å². The number of thiol groups is 1. The first-order valence-electron chi connectivity index (χ1n) is 1.73. The molecule has 8 heavy (non-hydrogen) atoms. The van der Waals surface area contributed by atoms with E-state index in [-0.39, 0.29) is 36.7 Å². The summed E-state index contributed by atoms with van der Waals surface area (Å²) in [7, 11) is 0. The molecule has 4 heteroatoms. The molecule has 0 spiro atoms. The molecule has 1 N–H and O–H groups in total. The van der Waals surface area contributed by atoms with E-state index in [2.05, 4.69) is 24.8 Å². The summed E-state index contributed by atoms with van der Waals surface area (Å²) in [6.45, 7) is 1.54. The van der Waals surface area contributed by atoms with Gasteiger partial charge in [0.15, 0.2) is 0 Å². The Morgan fingerprint density at radius 2 is 2.25 bits per heavy atom. The molecule has 0 aromatic carbocycles. The van der Waals surface area contributed by atoms with E-state index < -0.39 is 0 Å². The van der Waals surface area contributed by atoms with E-state index >= 15 is 0 Å². The van der Waals surface area contributed by atoms with Crippen molar-refractivity contribution in [2.75, 3.05) is 0 Å². The van der Waals surface area contributed by atoms with Gasteiger partial charge in [-0.15, -0.1) is 12.6 Å². The van der Waals surface area contributed by atoms with Crippen LogP contribution >= 0.6 is 24.8 Å². The van der Waals surface area contributed by atoms with Crippen LogP contribution in [0, 0.1) is 0 Å².